The molecule has 4 nitrogen and oxygen atoms in total. The van der Waals surface area contributed by atoms with E-state index >= 15 is 0 Å². The summed E-state index contributed by atoms with van der Waals surface area (Å²) in [6.07, 6.45) is 2.79. The van der Waals surface area contributed by atoms with Gasteiger partial charge in [0.2, 0.25) is 0 Å². The molecule has 1 aromatic heterocycles. The van der Waals surface area contributed by atoms with Gasteiger partial charge in [-0.1, -0.05) is 11.3 Å². The van der Waals surface area contributed by atoms with Crippen LogP contribution in [-0.4, -0.2) is 5.11 Å². The summed E-state index contributed by atoms with van der Waals surface area (Å²) in [5, 5.41) is 9.90. The lowest BCUT2D eigenvalue weighted by atomic mass is 9.72. The number of rotatable bonds is 1. The van der Waals surface area contributed by atoms with Gasteiger partial charge in [-0.15, -0.1) is 0 Å². The van der Waals surface area contributed by atoms with E-state index in [4.69, 9.17) is 10.2 Å². The fraction of sp³-hybridized carbons (Fsp3) is 0.364. The molecule has 3 N–H and O–H groups in total. The van der Waals surface area contributed by atoms with Crippen LogP contribution in [0.2, 0.25) is 0 Å². The molecule has 0 radical (unpaired) electrons. The van der Waals surface area contributed by atoms with E-state index in [9.17, 15) is 9.90 Å². The number of phenols is 1. The van der Waals surface area contributed by atoms with Crippen LogP contribution in [0.25, 0.3) is 10.3 Å². The van der Waals surface area contributed by atoms with E-state index in [1.54, 1.807) is 12.1 Å². The Balaban J connectivity index is 2.24. The number of benzene rings is 1. The van der Waals surface area contributed by atoms with Gasteiger partial charge in [0.25, 0.3) is 0 Å². The minimum Gasteiger partial charge on any atom is -0.508 e. The second kappa shape index (κ2) is 3.09. The van der Waals surface area contributed by atoms with Crippen LogP contribution in [0.1, 0.15) is 24.8 Å². The molecule has 1 fully saturated rings. The maximum atomic E-state index is 11.1. The number of nitrogens with two attached hydrogens (primary N) is 1. The van der Waals surface area contributed by atoms with Crippen LogP contribution >= 0.6 is 11.3 Å². The Morgan fingerprint density at radius 3 is 2.81 bits per heavy atom. The van der Waals surface area contributed by atoms with Gasteiger partial charge < -0.3 is 15.3 Å². The Hall–Kier alpha value is -1.33. The quantitative estimate of drug-likeness (QED) is 0.794. The summed E-state index contributed by atoms with van der Waals surface area (Å²) in [6, 6.07) is 3.26. The largest absolute Gasteiger partial charge is 0.508 e. The Bertz CT molecular complexity index is 609. The molecule has 5 heteroatoms. The zero-order valence-corrected chi connectivity index (χ0v) is 9.34. The molecule has 1 aromatic carbocycles. The van der Waals surface area contributed by atoms with Gasteiger partial charge >= 0.3 is 4.94 Å². The molecule has 0 saturated heterocycles. The summed E-state index contributed by atoms with van der Waals surface area (Å²) >= 11 is 0.988. The minimum absolute atomic E-state index is 0.159. The van der Waals surface area contributed by atoms with Crippen LogP contribution in [-0.2, 0) is 5.54 Å². The summed E-state index contributed by atoms with van der Waals surface area (Å²) in [4.78, 5) is 10.7. The lowest BCUT2D eigenvalue weighted by Gasteiger charge is -2.38. The van der Waals surface area contributed by atoms with Crippen molar-refractivity contribution in [3.63, 3.8) is 0 Å². The summed E-state index contributed by atoms with van der Waals surface area (Å²) < 4.78 is 5.68. The predicted molar refractivity (Wildman–Crippen MR) is 61.7 cm³/mol. The SMILES string of the molecule is NC1(c2cc3oc(=O)sc3cc2O)CCC1. The van der Waals surface area contributed by atoms with Crippen LogP contribution in [0.4, 0.5) is 0 Å². The Morgan fingerprint density at radius 1 is 1.44 bits per heavy atom. The highest BCUT2D eigenvalue weighted by Crippen LogP contribution is 2.43. The van der Waals surface area contributed by atoms with Crippen molar-refractivity contribution in [2.75, 3.05) is 0 Å². The van der Waals surface area contributed by atoms with Gasteiger partial charge in [0, 0.05) is 17.2 Å². The van der Waals surface area contributed by atoms with Crippen molar-refractivity contribution in [1.29, 1.82) is 0 Å². The number of hydrogen-bond acceptors (Lipinski definition) is 5. The van der Waals surface area contributed by atoms with Gasteiger partial charge in [-0.3, -0.25) is 0 Å². The molecule has 84 valence electrons. The van der Waals surface area contributed by atoms with Crippen molar-refractivity contribution in [3.05, 3.63) is 27.4 Å². The van der Waals surface area contributed by atoms with Crippen molar-refractivity contribution in [2.24, 2.45) is 5.73 Å². The zero-order chi connectivity index (χ0) is 11.3. The highest BCUT2D eigenvalue weighted by molar-refractivity contribution is 7.16. The van der Waals surface area contributed by atoms with Crippen molar-refractivity contribution in [3.8, 4) is 5.75 Å². The van der Waals surface area contributed by atoms with E-state index < -0.39 is 5.54 Å². The normalized spacial score (nSPS) is 18.6. The Morgan fingerprint density at radius 2 is 2.19 bits per heavy atom. The highest BCUT2D eigenvalue weighted by atomic mass is 32.1. The fourth-order valence-electron chi connectivity index (χ4n) is 2.13. The smallest absolute Gasteiger partial charge is 0.396 e. The number of hydrogen-bond donors (Lipinski definition) is 2. The van der Waals surface area contributed by atoms with E-state index in [-0.39, 0.29) is 10.7 Å². The molecule has 2 aromatic rings. The average molecular weight is 237 g/mol. The monoisotopic (exact) mass is 237 g/mol. The molecule has 0 atom stereocenters. The first kappa shape index (κ1) is 9.86. The van der Waals surface area contributed by atoms with Gasteiger partial charge in [-0.25, -0.2) is 4.79 Å². The molecule has 1 aliphatic rings. The molecule has 0 unspecified atom stereocenters. The number of fused-ring (bicyclic) bond motifs is 1. The standard InChI is InChI=1S/C11H11NO3S/c12-11(2-1-3-11)6-4-8-9(5-7(6)13)16-10(14)15-8/h4-5,13H,1-3,12H2. The summed E-state index contributed by atoms with van der Waals surface area (Å²) in [7, 11) is 0. The molecule has 0 aliphatic heterocycles. The second-order valence-electron chi connectivity index (χ2n) is 4.28. The van der Waals surface area contributed by atoms with Crippen LogP contribution in [0.3, 0.4) is 0 Å². The fourth-order valence-corrected chi connectivity index (χ4v) is 2.82. The third-order valence-corrected chi connectivity index (χ3v) is 4.02. The number of aromatic hydroxyl groups is 1. The lowest BCUT2D eigenvalue weighted by Crippen LogP contribution is -2.43. The summed E-state index contributed by atoms with van der Waals surface area (Å²) in [6.45, 7) is 0. The first-order valence-corrected chi connectivity index (χ1v) is 5.96. The van der Waals surface area contributed by atoms with Crippen molar-refractivity contribution in [1.82, 2.24) is 0 Å². The zero-order valence-electron chi connectivity index (χ0n) is 8.53. The van der Waals surface area contributed by atoms with E-state index in [1.165, 1.54) is 0 Å². The molecule has 0 amide bonds. The van der Waals surface area contributed by atoms with Gasteiger partial charge in [0.1, 0.15) is 11.3 Å². The van der Waals surface area contributed by atoms with E-state index in [2.05, 4.69) is 0 Å². The first-order valence-electron chi connectivity index (χ1n) is 5.14. The molecule has 0 spiro atoms. The topological polar surface area (TPSA) is 76.5 Å². The molecule has 0 bridgehead atoms. The van der Waals surface area contributed by atoms with E-state index in [1.807, 2.05) is 0 Å². The molecule has 1 saturated carbocycles. The molecular formula is C11H11NO3S. The van der Waals surface area contributed by atoms with E-state index in [0.717, 1.165) is 30.6 Å². The Labute approximate surface area is 95.3 Å². The molecule has 1 aliphatic carbocycles. The summed E-state index contributed by atoms with van der Waals surface area (Å²) in [5.41, 5.74) is 6.90. The average Bonchev–Trinajstić information content (AvgIpc) is 2.52. The highest BCUT2D eigenvalue weighted by Gasteiger charge is 2.37. The maximum Gasteiger partial charge on any atom is 0.396 e. The first-order chi connectivity index (χ1) is 7.58. The van der Waals surface area contributed by atoms with Crippen LogP contribution < -0.4 is 10.7 Å². The van der Waals surface area contributed by atoms with Gasteiger partial charge in [0.05, 0.1) is 4.70 Å². The maximum absolute atomic E-state index is 11.1. The van der Waals surface area contributed by atoms with E-state index in [0.29, 0.717) is 15.8 Å². The second-order valence-corrected chi connectivity index (χ2v) is 5.26. The van der Waals surface area contributed by atoms with Crippen molar-refractivity contribution >= 4 is 21.6 Å². The van der Waals surface area contributed by atoms with Crippen LogP contribution in [0.15, 0.2) is 21.3 Å². The third-order valence-electron chi connectivity index (χ3n) is 3.23. The molecule has 3 rings (SSSR count). The van der Waals surface area contributed by atoms with Gasteiger partial charge in [0.15, 0.2) is 0 Å². The molecular weight excluding hydrogens is 226 g/mol. The van der Waals surface area contributed by atoms with Crippen molar-refractivity contribution in [2.45, 2.75) is 24.8 Å². The molecule has 16 heavy (non-hydrogen) atoms. The lowest BCUT2D eigenvalue weighted by molar-refractivity contribution is 0.245. The Kier molecular flexibility index (Phi) is 1.90. The third kappa shape index (κ3) is 1.28. The van der Waals surface area contributed by atoms with Crippen LogP contribution in [0.5, 0.6) is 5.75 Å². The van der Waals surface area contributed by atoms with Gasteiger partial charge in [-0.2, -0.15) is 0 Å². The minimum atomic E-state index is -0.446. The number of phenolic OH excluding ortho intramolecular Hbond substituents is 1. The van der Waals surface area contributed by atoms with Crippen LogP contribution in [0, 0.1) is 0 Å². The summed E-state index contributed by atoms with van der Waals surface area (Å²) in [5.74, 6) is 0.159. The van der Waals surface area contributed by atoms with Crippen molar-refractivity contribution < 1.29 is 9.52 Å². The van der Waals surface area contributed by atoms with Gasteiger partial charge in [-0.05, 0) is 25.3 Å². The predicted octanol–water partition coefficient (Wildman–Crippen LogP) is 1.90. The molecule has 1 heterocycles.